The van der Waals surface area contributed by atoms with Gasteiger partial charge in [-0.05, 0) is 6.92 Å². The molecule has 0 atom stereocenters. The minimum Gasteiger partial charge on any atom is -0.478 e. The molecule has 0 saturated carbocycles. The van der Waals surface area contributed by atoms with E-state index in [4.69, 9.17) is 10.2 Å². The zero-order valence-electron chi connectivity index (χ0n) is 11.8. The topological polar surface area (TPSA) is 127 Å². The number of carboxylic acid groups (broad SMARTS) is 2. The highest BCUT2D eigenvalue weighted by Gasteiger charge is 1.88. The van der Waals surface area contributed by atoms with Crippen LogP contribution in [0.15, 0.2) is 37.6 Å². The van der Waals surface area contributed by atoms with Gasteiger partial charge in [0.1, 0.15) is 0 Å². The summed E-state index contributed by atoms with van der Waals surface area (Å²) in [6, 6.07) is 0. The van der Waals surface area contributed by atoms with Gasteiger partial charge >= 0.3 is 23.9 Å². The highest BCUT2D eigenvalue weighted by molar-refractivity contribution is 5.89. The van der Waals surface area contributed by atoms with Gasteiger partial charge in [-0.1, -0.05) is 13.2 Å². The van der Waals surface area contributed by atoms with Gasteiger partial charge in [0.05, 0.1) is 12.9 Å². The van der Waals surface area contributed by atoms with Crippen LogP contribution in [0.3, 0.4) is 0 Å². The van der Waals surface area contributed by atoms with Gasteiger partial charge < -0.3 is 19.7 Å². The fourth-order valence-electron chi connectivity index (χ4n) is 0.461. The van der Waals surface area contributed by atoms with Crippen molar-refractivity contribution in [3.8, 4) is 0 Å². The summed E-state index contributed by atoms with van der Waals surface area (Å²) in [5.74, 6) is -3.20. The summed E-state index contributed by atoms with van der Waals surface area (Å²) in [5, 5.41) is 15.6. The lowest BCUT2D eigenvalue weighted by molar-refractivity contribution is -0.137. The number of ether oxygens (including phenoxy) is 2. The number of carbonyl (C=O) groups excluding carboxylic acids is 2. The number of hydrogen-bond acceptors (Lipinski definition) is 6. The third kappa shape index (κ3) is 38.2. The van der Waals surface area contributed by atoms with Crippen LogP contribution in [0, 0.1) is 0 Å². The Kier molecular flexibility index (Phi) is 18.9. The summed E-state index contributed by atoms with van der Waals surface area (Å²) >= 11 is 0. The molecule has 0 aromatic heterocycles. The first-order valence-electron chi connectivity index (χ1n) is 5.42. The van der Waals surface area contributed by atoms with Gasteiger partial charge in [-0.2, -0.15) is 0 Å². The fraction of sp³-hybridized carbons (Fsp3) is 0.231. The molecule has 0 heterocycles. The Morgan fingerprint density at radius 2 is 1.48 bits per heavy atom. The van der Waals surface area contributed by atoms with Crippen LogP contribution in [0.25, 0.3) is 0 Å². The molecule has 8 heteroatoms. The number of esters is 2. The van der Waals surface area contributed by atoms with Crippen LogP contribution >= 0.6 is 0 Å². The number of hydrogen-bond donors (Lipinski definition) is 2. The van der Waals surface area contributed by atoms with Crippen LogP contribution in [0.1, 0.15) is 13.8 Å². The van der Waals surface area contributed by atoms with Crippen LogP contribution in [0.5, 0.6) is 0 Å². The fourth-order valence-corrected chi connectivity index (χ4v) is 0.461. The predicted octanol–water partition coefficient (Wildman–Crippen LogP) is 1.14. The maximum absolute atomic E-state index is 10.1. The van der Waals surface area contributed by atoms with Crippen molar-refractivity contribution in [3.63, 3.8) is 0 Å². The van der Waals surface area contributed by atoms with Gasteiger partial charge in [0.15, 0.2) is 0 Å². The van der Waals surface area contributed by atoms with Crippen molar-refractivity contribution < 1.29 is 38.9 Å². The first-order chi connectivity index (χ1) is 9.70. The van der Waals surface area contributed by atoms with E-state index in [1.165, 1.54) is 6.92 Å². The Bertz CT molecular complexity index is 379. The molecule has 0 bridgehead atoms. The largest absolute Gasteiger partial charge is 0.478 e. The number of carboxylic acids is 2. The molecule has 8 nitrogen and oxygen atoms in total. The molecular weight excluding hydrogens is 284 g/mol. The second-order valence-corrected chi connectivity index (χ2v) is 2.74. The first kappa shape index (κ1) is 23.2. The molecule has 0 radical (unpaired) electrons. The molecule has 0 unspecified atom stereocenters. The average molecular weight is 302 g/mol. The second kappa shape index (κ2) is 17.1. The Labute approximate surface area is 122 Å². The second-order valence-electron chi connectivity index (χ2n) is 2.74. The molecule has 0 aliphatic rings. The molecule has 0 saturated heterocycles. The van der Waals surface area contributed by atoms with E-state index in [1.54, 1.807) is 6.92 Å². The smallest absolute Gasteiger partial charge is 0.330 e. The van der Waals surface area contributed by atoms with Gasteiger partial charge in [0, 0.05) is 25.2 Å². The Morgan fingerprint density at radius 1 is 1.05 bits per heavy atom. The van der Waals surface area contributed by atoms with Crippen LogP contribution < -0.4 is 0 Å². The molecular formula is C13H18O8. The van der Waals surface area contributed by atoms with Gasteiger partial charge in [-0.3, -0.25) is 4.79 Å². The van der Waals surface area contributed by atoms with Crippen molar-refractivity contribution >= 4 is 23.9 Å². The molecule has 0 aliphatic heterocycles. The summed E-state index contributed by atoms with van der Waals surface area (Å²) in [4.78, 5) is 38.9. The molecule has 0 aliphatic carbocycles. The molecule has 0 aromatic rings. The molecule has 0 amide bonds. The van der Waals surface area contributed by atoms with E-state index in [2.05, 4.69) is 22.6 Å². The summed E-state index contributed by atoms with van der Waals surface area (Å²) in [5.41, 5.74) is 0. The van der Waals surface area contributed by atoms with Gasteiger partial charge in [-0.15, -0.1) is 0 Å². The zero-order chi connectivity index (χ0) is 17.3. The van der Waals surface area contributed by atoms with Crippen LogP contribution in [0.2, 0.25) is 0 Å². The standard InChI is InChI=1S/C5H8O2.C4H4O4.C4H6O2/c1-3-5(6)7-4-2;5-3(6)1-2-4(7)8;1-3-6-4(2)5/h3H,1,4H2,2H3;1-2H,(H,5,6)(H,7,8);3H,1H2,2H3/b;2-1-;. The van der Waals surface area contributed by atoms with Crippen molar-refractivity contribution in [2.45, 2.75) is 13.8 Å². The monoisotopic (exact) mass is 302 g/mol. The number of rotatable bonds is 5. The third-order valence-electron chi connectivity index (χ3n) is 1.07. The van der Waals surface area contributed by atoms with E-state index >= 15 is 0 Å². The highest BCUT2D eigenvalue weighted by atomic mass is 16.5. The van der Waals surface area contributed by atoms with E-state index in [-0.39, 0.29) is 11.9 Å². The maximum Gasteiger partial charge on any atom is 0.330 e. The van der Waals surface area contributed by atoms with Crippen LogP contribution in [0.4, 0.5) is 0 Å². The minimum absolute atomic E-state index is 0.329. The van der Waals surface area contributed by atoms with Crippen LogP contribution in [-0.2, 0) is 28.7 Å². The van der Waals surface area contributed by atoms with Gasteiger partial charge in [0.25, 0.3) is 0 Å². The molecule has 0 fully saturated rings. The minimum atomic E-state index is -1.26. The highest BCUT2D eigenvalue weighted by Crippen LogP contribution is 1.74. The predicted molar refractivity (Wildman–Crippen MR) is 73.2 cm³/mol. The van der Waals surface area contributed by atoms with Crippen molar-refractivity contribution in [1.82, 2.24) is 0 Å². The summed E-state index contributed by atoms with van der Waals surface area (Å²) in [7, 11) is 0. The molecule has 0 aromatic carbocycles. The summed E-state index contributed by atoms with van der Waals surface area (Å²) < 4.78 is 8.60. The summed E-state index contributed by atoms with van der Waals surface area (Å²) in [6.45, 7) is 9.86. The molecule has 0 spiro atoms. The molecule has 2 N–H and O–H groups in total. The quantitative estimate of drug-likeness (QED) is 0.439. The lowest BCUT2D eigenvalue weighted by atomic mass is 10.5. The zero-order valence-corrected chi connectivity index (χ0v) is 11.8. The Balaban J connectivity index is -0.000000234. The normalized spacial score (nSPS) is 8.10. The van der Waals surface area contributed by atoms with Crippen molar-refractivity contribution in [2.75, 3.05) is 6.61 Å². The SMILES string of the molecule is C=CC(=O)OCC.C=COC(C)=O.O=C(O)/C=C\C(=O)O. The summed E-state index contributed by atoms with van der Waals surface area (Å²) in [6.07, 6.45) is 3.36. The number of aliphatic carboxylic acids is 2. The number of carbonyl (C=O) groups is 4. The average Bonchev–Trinajstić information content (AvgIpc) is 2.38. The van der Waals surface area contributed by atoms with E-state index in [9.17, 15) is 19.2 Å². The lowest BCUT2D eigenvalue weighted by Gasteiger charge is -1.90. The molecule has 0 rings (SSSR count). The van der Waals surface area contributed by atoms with E-state index in [0.717, 1.165) is 12.3 Å². The Hall–Kier alpha value is -2.90. The first-order valence-corrected chi connectivity index (χ1v) is 5.42. The molecule has 118 valence electrons. The van der Waals surface area contributed by atoms with E-state index in [1.807, 2.05) is 0 Å². The van der Waals surface area contributed by atoms with Crippen molar-refractivity contribution in [3.05, 3.63) is 37.6 Å². The maximum atomic E-state index is 10.1. The Morgan fingerprint density at radius 3 is 1.57 bits per heavy atom. The lowest BCUT2D eigenvalue weighted by Crippen LogP contribution is -1.97. The van der Waals surface area contributed by atoms with Gasteiger partial charge in [-0.25, -0.2) is 14.4 Å². The van der Waals surface area contributed by atoms with Gasteiger partial charge in [0.2, 0.25) is 0 Å². The van der Waals surface area contributed by atoms with E-state index in [0.29, 0.717) is 18.8 Å². The third-order valence-corrected chi connectivity index (χ3v) is 1.07. The van der Waals surface area contributed by atoms with Crippen molar-refractivity contribution in [1.29, 1.82) is 0 Å². The van der Waals surface area contributed by atoms with Crippen LogP contribution in [-0.4, -0.2) is 40.7 Å². The van der Waals surface area contributed by atoms with E-state index < -0.39 is 11.9 Å². The van der Waals surface area contributed by atoms with Crippen molar-refractivity contribution in [2.24, 2.45) is 0 Å². The molecule has 21 heavy (non-hydrogen) atoms.